The van der Waals surface area contributed by atoms with Gasteiger partial charge < -0.3 is 5.11 Å². The van der Waals surface area contributed by atoms with Crippen LogP contribution in [0, 0.1) is 6.92 Å². The van der Waals surface area contributed by atoms with Crippen LogP contribution in [0.4, 0.5) is 0 Å². The Labute approximate surface area is 124 Å². The predicted octanol–water partition coefficient (Wildman–Crippen LogP) is 3.08. The maximum atomic E-state index is 9.45. The van der Waals surface area contributed by atoms with Crippen LogP contribution in [0.5, 0.6) is 5.88 Å². The molecule has 0 unspecified atom stereocenters. The Hall–Kier alpha value is -1.79. The van der Waals surface area contributed by atoms with Gasteiger partial charge in [0.25, 0.3) is 0 Å². The third-order valence-corrected chi connectivity index (χ3v) is 3.95. The van der Waals surface area contributed by atoms with Crippen molar-refractivity contribution in [2.24, 2.45) is 0 Å². The van der Waals surface area contributed by atoms with Crippen molar-refractivity contribution in [2.75, 3.05) is 0 Å². The van der Waals surface area contributed by atoms with E-state index in [1.807, 2.05) is 35.7 Å². The van der Waals surface area contributed by atoms with Gasteiger partial charge in [-0.25, -0.2) is 9.97 Å². The number of nitrogens with zero attached hydrogens (tertiary/aromatic N) is 4. The van der Waals surface area contributed by atoms with E-state index in [1.54, 1.807) is 0 Å². The van der Waals surface area contributed by atoms with Crippen molar-refractivity contribution in [3.05, 3.63) is 47.0 Å². The number of halogens is 1. The van der Waals surface area contributed by atoms with Gasteiger partial charge in [-0.05, 0) is 19.1 Å². The van der Waals surface area contributed by atoms with Crippen LogP contribution in [0.25, 0.3) is 5.65 Å². The molecule has 0 saturated carbocycles. The summed E-state index contributed by atoms with van der Waals surface area (Å²) in [5, 5.41) is 10.5. The molecule has 5 nitrogen and oxygen atoms in total. The number of hydrogen-bond acceptors (Lipinski definition) is 5. The molecule has 7 heteroatoms. The van der Waals surface area contributed by atoms with Crippen LogP contribution in [-0.4, -0.2) is 24.5 Å². The molecular weight excluding hydrogens is 296 g/mol. The highest BCUT2D eigenvalue weighted by atomic mass is 35.5. The molecular formula is C13H11ClN4OS. The second-order valence-electron chi connectivity index (χ2n) is 4.22. The minimum atomic E-state index is -0.0268. The fourth-order valence-electron chi connectivity index (χ4n) is 1.83. The maximum absolute atomic E-state index is 9.45. The van der Waals surface area contributed by atoms with Gasteiger partial charge in [-0.2, -0.15) is 4.98 Å². The van der Waals surface area contributed by atoms with Gasteiger partial charge in [-0.3, -0.25) is 4.40 Å². The topological polar surface area (TPSA) is 63.3 Å². The zero-order chi connectivity index (χ0) is 14.1. The first kappa shape index (κ1) is 13.2. The fraction of sp³-hybridized carbons (Fsp3) is 0.154. The first-order valence-corrected chi connectivity index (χ1v) is 7.29. The summed E-state index contributed by atoms with van der Waals surface area (Å²) in [5.41, 5.74) is 2.30. The van der Waals surface area contributed by atoms with Crippen molar-refractivity contribution in [1.82, 2.24) is 19.4 Å². The standard InChI is InChI=1S/C13H11ClN4OS/c1-8-6-11(19)17-13(15-8)20-7-9-12(14)18-5-3-2-4-10(18)16-9/h2-6H,7H2,1H3,(H,15,17,19). The van der Waals surface area contributed by atoms with Crippen molar-refractivity contribution >= 4 is 29.0 Å². The zero-order valence-electron chi connectivity index (χ0n) is 10.6. The Balaban J connectivity index is 1.84. The molecule has 0 saturated heterocycles. The van der Waals surface area contributed by atoms with Crippen LogP contribution in [0.1, 0.15) is 11.4 Å². The van der Waals surface area contributed by atoms with E-state index in [4.69, 9.17) is 11.6 Å². The van der Waals surface area contributed by atoms with E-state index in [1.165, 1.54) is 17.8 Å². The quantitative estimate of drug-likeness (QED) is 0.595. The van der Waals surface area contributed by atoms with E-state index in [0.717, 1.165) is 17.0 Å². The van der Waals surface area contributed by atoms with Gasteiger partial charge in [-0.1, -0.05) is 29.4 Å². The summed E-state index contributed by atoms with van der Waals surface area (Å²) >= 11 is 7.67. The van der Waals surface area contributed by atoms with Gasteiger partial charge in [0.15, 0.2) is 5.16 Å². The SMILES string of the molecule is Cc1cc(O)nc(SCc2nc3ccccn3c2Cl)n1. The van der Waals surface area contributed by atoms with Gasteiger partial charge in [0.05, 0.1) is 5.69 Å². The lowest BCUT2D eigenvalue weighted by atomic mass is 10.4. The van der Waals surface area contributed by atoms with E-state index in [0.29, 0.717) is 16.1 Å². The molecule has 0 amide bonds. The predicted molar refractivity (Wildman–Crippen MR) is 78.2 cm³/mol. The van der Waals surface area contributed by atoms with E-state index >= 15 is 0 Å². The lowest BCUT2D eigenvalue weighted by Crippen LogP contribution is -1.91. The van der Waals surface area contributed by atoms with Gasteiger partial charge in [0.2, 0.25) is 5.88 Å². The Morgan fingerprint density at radius 3 is 2.90 bits per heavy atom. The molecule has 0 bridgehead atoms. The number of fused-ring (bicyclic) bond motifs is 1. The van der Waals surface area contributed by atoms with Crippen molar-refractivity contribution < 1.29 is 5.11 Å². The number of aromatic hydroxyl groups is 1. The van der Waals surface area contributed by atoms with Crippen LogP contribution in [0.3, 0.4) is 0 Å². The third kappa shape index (κ3) is 2.57. The summed E-state index contributed by atoms with van der Waals surface area (Å²) in [6.07, 6.45) is 1.87. The molecule has 0 fully saturated rings. The summed E-state index contributed by atoms with van der Waals surface area (Å²) in [6.45, 7) is 1.81. The molecule has 1 N–H and O–H groups in total. The molecule has 3 rings (SSSR count). The lowest BCUT2D eigenvalue weighted by molar-refractivity contribution is 0.444. The van der Waals surface area contributed by atoms with E-state index in [2.05, 4.69) is 15.0 Å². The average Bonchev–Trinajstić information content (AvgIpc) is 2.73. The summed E-state index contributed by atoms with van der Waals surface area (Å²) in [4.78, 5) is 12.7. The zero-order valence-corrected chi connectivity index (χ0v) is 12.2. The van der Waals surface area contributed by atoms with Crippen molar-refractivity contribution in [3.63, 3.8) is 0 Å². The van der Waals surface area contributed by atoms with Crippen molar-refractivity contribution in [1.29, 1.82) is 0 Å². The average molecular weight is 307 g/mol. The fourth-order valence-corrected chi connectivity index (χ4v) is 2.99. The molecule has 0 aliphatic rings. The Morgan fingerprint density at radius 2 is 2.15 bits per heavy atom. The van der Waals surface area contributed by atoms with E-state index in [-0.39, 0.29) is 5.88 Å². The first-order valence-electron chi connectivity index (χ1n) is 5.92. The summed E-state index contributed by atoms with van der Waals surface area (Å²) in [7, 11) is 0. The van der Waals surface area contributed by atoms with Gasteiger partial charge in [0.1, 0.15) is 10.8 Å². The molecule has 102 valence electrons. The molecule has 0 spiro atoms. The minimum absolute atomic E-state index is 0.0268. The Kier molecular flexibility index (Phi) is 3.50. The Bertz CT molecular complexity index is 754. The van der Waals surface area contributed by atoms with Gasteiger partial charge in [0, 0.05) is 23.7 Å². The molecule has 3 heterocycles. The minimum Gasteiger partial charge on any atom is -0.493 e. The first-order chi connectivity index (χ1) is 9.63. The Morgan fingerprint density at radius 1 is 1.30 bits per heavy atom. The van der Waals surface area contributed by atoms with E-state index < -0.39 is 0 Å². The van der Waals surface area contributed by atoms with Gasteiger partial charge >= 0.3 is 0 Å². The second kappa shape index (κ2) is 5.30. The van der Waals surface area contributed by atoms with Crippen LogP contribution < -0.4 is 0 Å². The summed E-state index contributed by atoms with van der Waals surface area (Å²) in [5.74, 6) is 0.518. The monoisotopic (exact) mass is 306 g/mol. The third-order valence-electron chi connectivity index (χ3n) is 2.70. The number of thioether (sulfide) groups is 1. The number of imidazole rings is 1. The highest BCUT2D eigenvalue weighted by Crippen LogP contribution is 2.26. The molecule has 3 aromatic rings. The van der Waals surface area contributed by atoms with Crippen LogP contribution >= 0.6 is 23.4 Å². The van der Waals surface area contributed by atoms with Crippen LogP contribution in [0.2, 0.25) is 5.15 Å². The van der Waals surface area contributed by atoms with Crippen molar-refractivity contribution in [2.45, 2.75) is 17.8 Å². The molecule has 0 radical (unpaired) electrons. The van der Waals surface area contributed by atoms with Crippen LogP contribution in [0.15, 0.2) is 35.6 Å². The van der Waals surface area contributed by atoms with Gasteiger partial charge in [-0.15, -0.1) is 0 Å². The highest BCUT2D eigenvalue weighted by molar-refractivity contribution is 7.98. The summed E-state index contributed by atoms with van der Waals surface area (Å²) in [6, 6.07) is 7.23. The molecule has 20 heavy (non-hydrogen) atoms. The molecule has 0 aromatic carbocycles. The maximum Gasteiger partial charge on any atom is 0.215 e. The smallest absolute Gasteiger partial charge is 0.215 e. The number of pyridine rings is 1. The van der Waals surface area contributed by atoms with E-state index in [9.17, 15) is 5.11 Å². The molecule has 0 aliphatic carbocycles. The molecule has 3 aromatic heterocycles. The van der Waals surface area contributed by atoms with Crippen molar-refractivity contribution in [3.8, 4) is 5.88 Å². The lowest BCUT2D eigenvalue weighted by Gasteiger charge is -2.01. The second-order valence-corrected chi connectivity index (χ2v) is 5.52. The number of rotatable bonds is 3. The van der Waals surface area contributed by atoms with Crippen LogP contribution in [-0.2, 0) is 5.75 Å². The molecule has 0 aliphatic heterocycles. The number of hydrogen-bond donors (Lipinski definition) is 1. The largest absolute Gasteiger partial charge is 0.493 e. The number of aromatic nitrogens is 4. The molecule has 0 atom stereocenters. The summed E-state index contributed by atoms with van der Waals surface area (Å²) < 4.78 is 1.83. The normalized spacial score (nSPS) is 11.1. The highest BCUT2D eigenvalue weighted by Gasteiger charge is 2.11. The number of aryl methyl sites for hydroxylation is 1.